The summed E-state index contributed by atoms with van der Waals surface area (Å²) >= 11 is 0. The second-order valence-corrected chi connectivity index (χ2v) is 11.1. The first-order valence-corrected chi connectivity index (χ1v) is 14.6. The fourth-order valence-electron chi connectivity index (χ4n) is 4.36. The molecule has 0 fully saturated rings. The molecule has 12 heteroatoms. The van der Waals surface area contributed by atoms with E-state index in [0.717, 1.165) is 11.1 Å². The van der Waals surface area contributed by atoms with Crippen molar-refractivity contribution in [2.45, 2.75) is 18.7 Å². The third-order valence-electron chi connectivity index (χ3n) is 6.46. The number of anilines is 3. The lowest BCUT2D eigenvalue weighted by Crippen LogP contribution is -2.24. The molecule has 1 heterocycles. The van der Waals surface area contributed by atoms with Crippen LogP contribution >= 0.6 is 0 Å². The number of aromatic nitrogens is 2. The lowest BCUT2D eigenvalue weighted by atomic mass is 10.00. The van der Waals surface area contributed by atoms with Crippen LogP contribution in [0.15, 0.2) is 89.8 Å². The predicted octanol–water partition coefficient (Wildman–Crippen LogP) is 5.60. The van der Waals surface area contributed by atoms with Crippen LogP contribution in [-0.2, 0) is 14.8 Å². The summed E-state index contributed by atoms with van der Waals surface area (Å²) in [5.41, 5.74) is 6.05. The van der Waals surface area contributed by atoms with Crippen LogP contribution in [-0.4, -0.2) is 38.5 Å². The Morgan fingerprint density at radius 1 is 0.791 bits per heavy atom. The Morgan fingerprint density at radius 3 is 2.09 bits per heavy atom. The average molecular weight is 600 g/mol. The van der Waals surface area contributed by atoms with Gasteiger partial charge in [0.05, 0.1) is 30.1 Å². The van der Waals surface area contributed by atoms with E-state index in [9.17, 15) is 13.2 Å². The summed E-state index contributed by atoms with van der Waals surface area (Å²) in [4.78, 5) is 25.9. The molecule has 0 radical (unpaired) electrons. The van der Waals surface area contributed by atoms with Gasteiger partial charge in [0.25, 0.3) is 10.0 Å². The van der Waals surface area contributed by atoms with E-state index >= 15 is 0 Å². The van der Waals surface area contributed by atoms with Crippen LogP contribution in [0.2, 0.25) is 0 Å². The molecule has 4 aromatic carbocycles. The van der Waals surface area contributed by atoms with Gasteiger partial charge in [-0.2, -0.15) is 5.48 Å². The predicted molar refractivity (Wildman–Crippen MR) is 164 cm³/mol. The summed E-state index contributed by atoms with van der Waals surface area (Å²) in [6, 6.07) is 24.1. The van der Waals surface area contributed by atoms with Gasteiger partial charge < -0.3 is 19.6 Å². The summed E-state index contributed by atoms with van der Waals surface area (Å²) in [6.07, 6.45) is 0. The number of carbonyl (C=O) groups is 1. The van der Waals surface area contributed by atoms with Crippen molar-refractivity contribution in [1.82, 2.24) is 15.4 Å². The van der Waals surface area contributed by atoms with Gasteiger partial charge in [-0.3, -0.25) is 9.52 Å². The molecule has 11 nitrogen and oxygen atoms in total. The molecule has 0 atom stereocenters. The molecule has 0 aliphatic rings. The molecular formula is C31H29N5O6S. The van der Waals surface area contributed by atoms with Gasteiger partial charge in [-0.15, -0.1) is 0 Å². The third kappa shape index (κ3) is 6.60. The maximum Gasteiger partial charge on any atom is 0.263 e. The second kappa shape index (κ2) is 12.2. The molecule has 1 aromatic heterocycles. The minimum atomic E-state index is -4.13. The highest BCUT2D eigenvalue weighted by atomic mass is 32.2. The zero-order chi connectivity index (χ0) is 30.6. The molecular weight excluding hydrogens is 570 g/mol. The molecule has 3 N–H and O–H groups in total. The Hall–Kier alpha value is -5.36. The number of amides is 1. The van der Waals surface area contributed by atoms with Gasteiger partial charge in [-0.25, -0.2) is 18.4 Å². The van der Waals surface area contributed by atoms with Gasteiger partial charge >= 0.3 is 0 Å². The number of ether oxygens (including phenoxy) is 2. The van der Waals surface area contributed by atoms with Crippen LogP contribution in [0.25, 0.3) is 22.2 Å². The van der Waals surface area contributed by atoms with Crippen molar-refractivity contribution in [3.8, 4) is 28.4 Å². The Balaban J connectivity index is 1.52. The topological polar surface area (TPSA) is 141 Å². The number of hydrogen-bond acceptors (Lipinski definition) is 9. The molecule has 0 saturated heterocycles. The molecule has 5 aromatic rings. The van der Waals surface area contributed by atoms with Crippen LogP contribution in [0.5, 0.6) is 17.2 Å². The molecule has 0 bridgehead atoms. The molecule has 0 unspecified atom stereocenters. The van der Waals surface area contributed by atoms with Gasteiger partial charge in [-0.05, 0) is 48.4 Å². The number of fused-ring (bicyclic) bond motifs is 1. The molecule has 5 rings (SSSR count). The van der Waals surface area contributed by atoms with Gasteiger partial charge in [0.15, 0.2) is 17.4 Å². The van der Waals surface area contributed by atoms with E-state index < -0.39 is 10.0 Å². The van der Waals surface area contributed by atoms with Crippen molar-refractivity contribution < 1.29 is 27.5 Å². The normalized spacial score (nSPS) is 11.1. The highest BCUT2D eigenvalue weighted by molar-refractivity contribution is 7.92. The van der Waals surface area contributed by atoms with Gasteiger partial charge in [0.2, 0.25) is 5.91 Å². The fourth-order valence-corrected chi connectivity index (χ4v) is 5.41. The van der Waals surface area contributed by atoms with Gasteiger partial charge in [0, 0.05) is 36.4 Å². The van der Waals surface area contributed by atoms with Crippen LogP contribution < -0.4 is 29.8 Å². The van der Waals surface area contributed by atoms with Crippen molar-refractivity contribution in [3.05, 3.63) is 90.5 Å². The molecule has 43 heavy (non-hydrogen) atoms. The maximum absolute atomic E-state index is 13.7. The van der Waals surface area contributed by atoms with Crippen molar-refractivity contribution in [1.29, 1.82) is 0 Å². The van der Waals surface area contributed by atoms with E-state index in [2.05, 4.69) is 25.5 Å². The van der Waals surface area contributed by atoms with E-state index in [0.29, 0.717) is 39.5 Å². The van der Waals surface area contributed by atoms with Crippen molar-refractivity contribution in [2.75, 3.05) is 24.3 Å². The van der Waals surface area contributed by atoms with Crippen molar-refractivity contribution in [3.63, 3.8) is 0 Å². The van der Waals surface area contributed by atoms with E-state index in [1.54, 1.807) is 66.7 Å². The molecule has 1 amide bonds. The number of methoxy groups -OCH3 is 2. The lowest BCUT2D eigenvalue weighted by Gasteiger charge is -2.16. The SMILES string of the molecule is COc1cc(Nc2nc3ccccc3nc2NS(=O)(=O)c2cccc(-c3cccc(ONC(C)=O)c3C)c2)cc(OC)c1. The van der Waals surface area contributed by atoms with Crippen LogP contribution in [0.1, 0.15) is 12.5 Å². The minimum Gasteiger partial charge on any atom is -0.497 e. The summed E-state index contributed by atoms with van der Waals surface area (Å²) in [5, 5.41) is 3.15. The van der Waals surface area contributed by atoms with Gasteiger partial charge in [-0.1, -0.05) is 36.4 Å². The Bertz CT molecular complexity index is 1910. The molecule has 220 valence electrons. The van der Waals surface area contributed by atoms with Crippen LogP contribution in [0.4, 0.5) is 17.3 Å². The number of carbonyl (C=O) groups excluding carboxylic acids is 1. The summed E-state index contributed by atoms with van der Waals surface area (Å²) in [6.45, 7) is 3.16. The Labute approximate surface area is 248 Å². The third-order valence-corrected chi connectivity index (χ3v) is 7.80. The zero-order valence-corrected chi connectivity index (χ0v) is 24.7. The largest absolute Gasteiger partial charge is 0.497 e. The standard InChI is InChI=1S/C31H29N5O6S/c1-19-26(11-8-14-29(19)42-35-20(2)37)21-9-7-10-25(15-21)43(38,39)36-31-30(33-27-12-5-6-13-28(27)34-31)32-22-16-23(40-3)18-24(17-22)41-4/h5-18H,1-4H3,(H,32,33)(H,34,36)(H,35,37). The van der Waals surface area contributed by atoms with Crippen molar-refractivity contribution in [2.24, 2.45) is 0 Å². The monoisotopic (exact) mass is 599 g/mol. The number of sulfonamides is 1. The number of nitrogens with one attached hydrogen (secondary N) is 3. The number of rotatable bonds is 10. The second-order valence-electron chi connectivity index (χ2n) is 9.46. The highest BCUT2D eigenvalue weighted by Crippen LogP contribution is 2.33. The fraction of sp³-hybridized carbons (Fsp3) is 0.129. The zero-order valence-electron chi connectivity index (χ0n) is 23.8. The first kappa shape index (κ1) is 29.1. The number of nitrogens with zero attached hydrogens (tertiary/aromatic N) is 2. The molecule has 0 saturated carbocycles. The summed E-state index contributed by atoms with van der Waals surface area (Å²) < 4.78 is 40.8. The highest BCUT2D eigenvalue weighted by Gasteiger charge is 2.21. The average Bonchev–Trinajstić information content (AvgIpc) is 3.00. The van der Waals surface area contributed by atoms with Crippen molar-refractivity contribution >= 4 is 44.3 Å². The van der Waals surface area contributed by atoms with E-state index in [1.807, 2.05) is 19.1 Å². The van der Waals surface area contributed by atoms with E-state index in [4.69, 9.17) is 14.3 Å². The summed E-state index contributed by atoms with van der Waals surface area (Å²) in [7, 11) is -1.05. The Morgan fingerprint density at radius 2 is 1.44 bits per heavy atom. The van der Waals surface area contributed by atoms with Gasteiger partial charge in [0.1, 0.15) is 11.5 Å². The number of benzene rings is 4. The maximum atomic E-state index is 13.7. The van der Waals surface area contributed by atoms with E-state index in [1.165, 1.54) is 27.2 Å². The minimum absolute atomic E-state index is 0.00720. The smallest absolute Gasteiger partial charge is 0.263 e. The lowest BCUT2D eigenvalue weighted by molar-refractivity contribution is -0.125. The first-order valence-electron chi connectivity index (χ1n) is 13.1. The molecule has 0 spiro atoms. The Kier molecular flexibility index (Phi) is 8.30. The van der Waals surface area contributed by atoms with E-state index in [-0.39, 0.29) is 22.4 Å². The van der Waals surface area contributed by atoms with Crippen LogP contribution in [0.3, 0.4) is 0 Å². The molecule has 0 aliphatic carbocycles. The first-order chi connectivity index (χ1) is 20.7. The number of para-hydroxylation sites is 2. The van der Waals surface area contributed by atoms with Crippen LogP contribution in [0, 0.1) is 6.92 Å². The molecule has 0 aliphatic heterocycles. The number of hydrogen-bond donors (Lipinski definition) is 3. The summed E-state index contributed by atoms with van der Waals surface area (Å²) in [5.74, 6) is 1.36. The quantitative estimate of drug-likeness (QED) is 0.175. The number of hydroxylamine groups is 1.